The smallest absolute Gasteiger partial charge is 0.254 e. The molecule has 2 saturated heterocycles. The van der Waals surface area contributed by atoms with Gasteiger partial charge in [0.2, 0.25) is 0 Å². The molecule has 3 aliphatic rings. The van der Waals surface area contributed by atoms with Crippen molar-refractivity contribution < 1.29 is 9.53 Å². The summed E-state index contributed by atoms with van der Waals surface area (Å²) in [6.07, 6.45) is 6.59. The lowest BCUT2D eigenvalue weighted by Crippen LogP contribution is -2.71. The minimum atomic E-state index is 0.166. The number of hydrogen-bond donors (Lipinski definition) is 1. The van der Waals surface area contributed by atoms with Crippen molar-refractivity contribution >= 4 is 5.91 Å². The number of tetrazole rings is 1. The van der Waals surface area contributed by atoms with Crippen LogP contribution in [0.25, 0.3) is 0 Å². The van der Waals surface area contributed by atoms with Crippen LogP contribution in [-0.2, 0) is 11.2 Å². The van der Waals surface area contributed by atoms with Crippen LogP contribution in [0, 0.1) is 11.3 Å². The van der Waals surface area contributed by atoms with Gasteiger partial charge >= 0.3 is 0 Å². The molecule has 142 valence electrons. The molecule has 7 nitrogen and oxygen atoms in total. The molecule has 1 spiro atoms. The first kappa shape index (κ1) is 16.9. The molecule has 2 aliphatic heterocycles. The predicted octanol–water partition coefficient (Wildman–Crippen LogP) is 2.21. The summed E-state index contributed by atoms with van der Waals surface area (Å²) in [6.45, 7) is 2.59. The molecule has 1 saturated carbocycles. The molecule has 1 aliphatic carbocycles. The van der Waals surface area contributed by atoms with Gasteiger partial charge in [-0.05, 0) is 49.3 Å². The summed E-state index contributed by atoms with van der Waals surface area (Å²) in [5.41, 5.74) is 2.19. The fraction of sp³-hybridized carbons (Fsp3) is 0.600. The van der Waals surface area contributed by atoms with Crippen LogP contribution in [0.2, 0.25) is 0 Å². The van der Waals surface area contributed by atoms with Crippen LogP contribution < -0.4 is 0 Å². The summed E-state index contributed by atoms with van der Waals surface area (Å²) >= 11 is 0. The summed E-state index contributed by atoms with van der Waals surface area (Å²) in [5, 5.41) is 14.1. The van der Waals surface area contributed by atoms with Crippen LogP contribution in [0.1, 0.15) is 53.8 Å². The lowest BCUT2D eigenvalue weighted by atomic mass is 9.54. The highest BCUT2D eigenvalue weighted by atomic mass is 16.5. The summed E-state index contributed by atoms with van der Waals surface area (Å²) < 4.78 is 5.56. The Morgan fingerprint density at radius 2 is 2.15 bits per heavy atom. The van der Waals surface area contributed by atoms with E-state index in [0.717, 1.165) is 43.7 Å². The second-order valence-corrected chi connectivity index (χ2v) is 8.25. The molecule has 3 heterocycles. The Kier molecular flexibility index (Phi) is 4.19. The molecule has 27 heavy (non-hydrogen) atoms. The third-order valence-corrected chi connectivity index (χ3v) is 6.70. The SMILES string of the molecule is O=C(c1cccc(Cc2nn[nH]n2)c1)N1CC2(CCC2)C1C1CCOCC1. The number of H-pyrrole nitrogens is 1. The van der Waals surface area contributed by atoms with Crippen molar-refractivity contribution in [2.75, 3.05) is 19.8 Å². The van der Waals surface area contributed by atoms with Crippen LogP contribution >= 0.6 is 0 Å². The number of nitrogens with one attached hydrogen (secondary N) is 1. The maximum atomic E-state index is 13.3. The maximum Gasteiger partial charge on any atom is 0.254 e. The van der Waals surface area contributed by atoms with E-state index in [4.69, 9.17) is 4.74 Å². The van der Waals surface area contributed by atoms with Crippen molar-refractivity contribution in [3.63, 3.8) is 0 Å². The van der Waals surface area contributed by atoms with Crippen molar-refractivity contribution in [1.29, 1.82) is 0 Å². The zero-order chi connectivity index (χ0) is 18.3. The average Bonchev–Trinajstić information content (AvgIpc) is 3.14. The van der Waals surface area contributed by atoms with Crippen molar-refractivity contribution in [3.8, 4) is 0 Å². The van der Waals surface area contributed by atoms with E-state index in [1.165, 1.54) is 19.3 Å². The van der Waals surface area contributed by atoms with Gasteiger partial charge in [0.05, 0.1) is 0 Å². The number of carbonyl (C=O) groups is 1. The van der Waals surface area contributed by atoms with Crippen LogP contribution in [0.3, 0.4) is 0 Å². The quantitative estimate of drug-likeness (QED) is 0.896. The van der Waals surface area contributed by atoms with Gasteiger partial charge in [0.15, 0.2) is 5.82 Å². The number of aromatic amines is 1. The van der Waals surface area contributed by atoms with E-state index in [9.17, 15) is 4.79 Å². The number of hydrogen-bond acceptors (Lipinski definition) is 5. The number of amides is 1. The topological polar surface area (TPSA) is 84.0 Å². The molecule has 2 aromatic rings. The molecule has 0 bridgehead atoms. The first-order valence-electron chi connectivity index (χ1n) is 9.95. The molecule has 1 unspecified atom stereocenters. The Morgan fingerprint density at radius 3 is 2.85 bits per heavy atom. The first-order valence-corrected chi connectivity index (χ1v) is 9.95. The number of benzene rings is 1. The van der Waals surface area contributed by atoms with Crippen molar-refractivity contribution in [2.24, 2.45) is 11.3 Å². The summed E-state index contributed by atoms with van der Waals surface area (Å²) in [6, 6.07) is 8.25. The summed E-state index contributed by atoms with van der Waals surface area (Å²) in [7, 11) is 0. The van der Waals surface area contributed by atoms with Crippen molar-refractivity contribution in [2.45, 2.75) is 44.6 Å². The number of likely N-dealkylation sites (tertiary alicyclic amines) is 1. The molecule has 5 rings (SSSR count). The highest BCUT2D eigenvalue weighted by Gasteiger charge is 2.59. The largest absolute Gasteiger partial charge is 0.381 e. The van der Waals surface area contributed by atoms with E-state index in [0.29, 0.717) is 29.6 Å². The lowest BCUT2D eigenvalue weighted by Gasteiger charge is -2.65. The van der Waals surface area contributed by atoms with Gasteiger partial charge in [0, 0.05) is 43.2 Å². The lowest BCUT2D eigenvalue weighted by molar-refractivity contribution is -0.140. The Bertz CT molecular complexity index is 812. The van der Waals surface area contributed by atoms with Gasteiger partial charge in [-0.1, -0.05) is 23.8 Å². The molecule has 1 N–H and O–H groups in total. The predicted molar refractivity (Wildman–Crippen MR) is 98.1 cm³/mol. The van der Waals surface area contributed by atoms with Gasteiger partial charge in [0.1, 0.15) is 0 Å². The van der Waals surface area contributed by atoms with E-state index in [-0.39, 0.29) is 5.91 Å². The van der Waals surface area contributed by atoms with Gasteiger partial charge in [-0.15, -0.1) is 10.2 Å². The average molecular weight is 367 g/mol. The van der Waals surface area contributed by atoms with Crippen LogP contribution in [0.5, 0.6) is 0 Å². The first-order chi connectivity index (χ1) is 13.3. The van der Waals surface area contributed by atoms with E-state index >= 15 is 0 Å². The zero-order valence-corrected chi connectivity index (χ0v) is 15.4. The van der Waals surface area contributed by atoms with E-state index < -0.39 is 0 Å². The van der Waals surface area contributed by atoms with Crippen molar-refractivity contribution in [1.82, 2.24) is 25.5 Å². The molecule has 1 aromatic carbocycles. The number of nitrogens with zero attached hydrogens (tertiary/aromatic N) is 4. The standard InChI is InChI=1S/C20H25N5O2/c26-19(16-4-1-3-14(11-16)12-17-21-23-24-22-17)25-13-20(7-2-8-20)18(25)15-5-9-27-10-6-15/h1,3-4,11,15,18H,2,5-10,12-13H2,(H,21,22,23,24). The van der Waals surface area contributed by atoms with Crippen molar-refractivity contribution in [3.05, 3.63) is 41.2 Å². The van der Waals surface area contributed by atoms with E-state index in [1.54, 1.807) is 0 Å². The molecular formula is C20H25N5O2. The second-order valence-electron chi connectivity index (χ2n) is 8.25. The Balaban J connectivity index is 1.35. The van der Waals surface area contributed by atoms with Crippen LogP contribution in [0.15, 0.2) is 24.3 Å². The Labute approximate surface area is 158 Å². The van der Waals surface area contributed by atoms with Crippen LogP contribution in [-0.4, -0.2) is 57.2 Å². The Hall–Kier alpha value is -2.28. The fourth-order valence-corrected chi connectivity index (χ4v) is 5.24. The fourth-order valence-electron chi connectivity index (χ4n) is 5.24. The molecule has 3 fully saturated rings. The number of rotatable bonds is 4. The molecule has 0 radical (unpaired) electrons. The molecular weight excluding hydrogens is 342 g/mol. The minimum Gasteiger partial charge on any atom is -0.381 e. The van der Waals surface area contributed by atoms with Gasteiger partial charge in [-0.2, -0.15) is 5.21 Å². The Morgan fingerprint density at radius 1 is 1.30 bits per heavy atom. The number of aromatic nitrogens is 4. The monoisotopic (exact) mass is 367 g/mol. The number of carbonyl (C=O) groups excluding carboxylic acids is 1. The van der Waals surface area contributed by atoms with Gasteiger partial charge in [0.25, 0.3) is 5.91 Å². The van der Waals surface area contributed by atoms with Crippen LogP contribution in [0.4, 0.5) is 0 Å². The molecule has 1 amide bonds. The molecule has 7 heteroatoms. The van der Waals surface area contributed by atoms with Gasteiger partial charge in [-0.3, -0.25) is 4.79 Å². The second kappa shape index (κ2) is 6.71. The highest BCUT2D eigenvalue weighted by Crippen LogP contribution is 2.56. The summed E-state index contributed by atoms with van der Waals surface area (Å²) in [5.74, 6) is 1.38. The van der Waals surface area contributed by atoms with Gasteiger partial charge < -0.3 is 9.64 Å². The number of ether oxygens (including phenoxy) is 1. The highest BCUT2D eigenvalue weighted by molar-refractivity contribution is 5.95. The third-order valence-electron chi connectivity index (χ3n) is 6.70. The van der Waals surface area contributed by atoms with E-state index in [1.807, 2.05) is 24.3 Å². The minimum absolute atomic E-state index is 0.166. The van der Waals surface area contributed by atoms with E-state index in [2.05, 4.69) is 25.5 Å². The summed E-state index contributed by atoms with van der Waals surface area (Å²) in [4.78, 5) is 15.4. The third kappa shape index (κ3) is 2.94. The molecule has 1 aromatic heterocycles. The molecule has 1 atom stereocenters. The zero-order valence-electron chi connectivity index (χ0n) is 15.4. The maximum absolute atomic E-state index is 13.3. The normalized spacial score (nSPS) is 24.4. The van der Waals surface area contributed by atoms with Gasteiger partial charge in [-0.25, -0.2) is 0 Å².